The van der Waals surface area contributed by atoms with Crippen molar-refractivity contribution in [3.8, 4) is 0 Å². The molecule has 4 heteroatoms. The van der Waals surface area contributed by atoms with Crippen molar-refractivity contribution in [3.05, 3.63) is 75.0 Å². The summed E-state index contributed by atoms with van der Waals surface area (Å²) < 4.78 is 15.3. The third-order valence-corrected chi connectivity index (χ3v) is 4.89. The number of halogens is 3. The fraction of sp³-hybridized carbons (Fsp3) is 0.222. The van der Waals surface area contributed by atoms with Crippen molar-refractivity contribution >= 4 is 33.2 Å². The molecule has 1 atom stereocenters. The van der Waals surface area contributed by atoms with Crippen LogP contribution in [0.2, 0.25) is 5.02 Å². The molecule has 0 aliphatic carbocycles. The van der Waals surface area contributed by atoms with Crippen molar-refractivity contribution in [1.82, 2.24) is 0 Å². The van der Waals surface area contributed by atoms with Gasteiger partial charge >= 0.3 is 0 Å². The zero-order valence-electron chi connectivity index (χ0n) is 12.2. The molecule has 0 spiro atoms. The van der Waals surface area contributed by atoms with E-state index < -0.39 is 0 Å². The highest BCUT2D eigenvalue weighted by Gasteiger charge is 2.28. The predicted molar refractivity (Wildman–Crippen MR) is 94.2 cm³/mol. The maximum atomic E-state index is 14.2. The van der Waals surface area contributed by atoms with Crippen LogP contribution in [-0.4, -0.2) is 6.54 Å². The number of fused-ring (bicyclic) bond motifs is 1. The summed E-state index contributed by atoms with van der Waals surface area (Å²) in [4.78, 5) is 2.01. The molecule has 0 bridgehead atoms. The molecule has 3 rings (SSSR count). The molecule has 22 heavy (non-hydrogen) atoms. The first-order chi connectivity index (χ1) is 10.5. The standard InChI is InChI=1S/C18H16BrClFN/c1-11(2)15-10-22(18-16(20)4-3-5-17(18)21)9-12-6-7-13(19)8-14(12)15/h3-8,15H,1,9-10H2,2H3/t15-/m1/s1. The van der Waals surface area contributed by atoms with E-state index in [0.29, 0.717) is 23.8 Å². The van der Waals surface area contributed by atoms with Crippen LogP contribution in [0.3, 0.4) is 0 Å². The smallest absolute Gasteiger partial charge is 0.148 e. The van der Waals surface area contributed by atoms with E-state index in [-0.39, 0.29) is 11.7 Å². The fourth-order valence-corrected chi connectivity index (χ4v) is 3.67. The van der Waals surface area contributed by atoms with E-state index in [4.69, 9.17) is 11.6 Å². The van der Waals surface area contributed by atoms with Crippen molar-refractivity contribution in [1.29, 1.82) is 0 Å². The van der Waals surface area contributed by atoms with Crippen molar-refractivity contribution in [3.63, 3.8) is 0 Å². The summed E-state index contributed by atoms with van der Waals surface area (Å²) in [6.45, 7) is 7.45. The molecule has 0 radical (unpaired) electrons. The third-order valence-electron chi connectivity index (χ3n) is 4.10. The lowest BCUT2D eigenvalue weighted by atomic mass is 9.85. The van der Waals surface area contributed by atoms with Crippen molar-refractivity contribution in [2.24, 2.45) is 0 Å². The number of nitrogens with zero attached hydrogens (tertiary/aromatic N) is 1. The van der Waals surface area contributed by atoms with Gasteiger partial charge in [-0.2, -0.15) is 0 Å². The van der Waals surface area contributed by atoms with Crippen LogP contribution in [0.4, 0.5) is 10.1 Å². The number of benzene rings is 2. The van der Waals surface area contributed by atoms with Gasteiger partial charge in [0.05, 0.1) is 10.7 Å². The number of hydrogen-bond acceptors (Lipinski definition) is 1. The van der Waals surface area contributed by atoms with Gasteiger partial charge in [0.25, 0.3) is 0 Å². The Kier molecular flexibility index (Phi) is 4.28. The molecule has 1 nitrogen and oxygen atoms in total. The van der Waals surface area contributed by atoms with Crippen molar-refractivity contribution < 1.29 is 4.39 Å². The summed E-state index contributed by atoms with van der Waals surface area (Å²) in [6, 6.07) is 11.0. The largest absolute Gasteiger partial charge is 0.363 e. The summed E-state index contributed by atoms with van der Waals surface area (Å²) in [5.74, 6) is -0.120. The molecule has 1 heterocycles. The van der Waals surface area contributed by atoms with E-state index in [1.807, 2.05) is 17.9 Å². The highest BCUT2D eigenvalue weighted by atomic mass is 79.9. The zero-order chi connectivity index (χ0) is 15.9. The Balaban J connectivity index is 2.08. The van der Waals surface area contributed by atoms with Gasteiger partial charge in [-0.25, -0.2) is 4.39 Å². The lowest BCUT2D eigenvalue weighted by Gasteiger charge is -2.37. The first-order valence-corrected chi connectivity index (χ1v) is 8.27. The molecule has 1 aliphatic heterocycles. The second kappa shape index (κ2) is 6.05. The van der Waals surface area contributed by atoms with Gasteiger partial charge < -0.3 is 4.90 Å². The van der Waals surface area contributed by atoms with E-state index in [2.05, 4.69) is 34.6 Å². The van der Waals surface area contributed by atoms with Crippen LogP contribution in [0, 0.1) is 5.82 Å². The van der Waals surface area contributed by atoms with E-state index in [1.54, 1.807) is 12.1 Å². The van der Waals surface area contributed by atoms with Crippen LogP contribution in [0.5, 0.6) is 0 Å². The first kappa shape index (κ1) is 15.6. The molecule has 0 N–H and O–H groups in total. The molecule has 0 amide bonds. The number of hydrogen-bond donors (Lipinski definition) is 0. The Bertz CT molecular complexity index is 724. The lowest BCUT2D eigenvalue weighted by molar-refractivity contribution is 0.597. The van der Waals surface area contributed by atoms with Crippen molar-refractivity contribution in [2.75, 3.05) is 11.4 Å². The Morgan fingerprint density at radius 3 is 2.82 bits per heavy atom. The second-order valence-electron chi connectivity index (χ2n) is 5.69. The summed E-state index contributed by atoms with van der Waals surface area (Å²) in [5.41, 5.74) is 3.98. The Morgan fingerprint density at radius 2 is 2.14 bits per heavy atom. The van der Waals surface area contributed by atoms with E-state index >= 15 is 0 Å². The van der Waals surface area contributed by atoms with Gasteiger partial charge in [-0.3, -0.25) is 0 Å². The SMILES string of the molecule is C=C(C)[C@H]1CN(c2c(F)cccc2Cl)Cc2ccc(Br)cc21. The van der Waals surface area contributed by atoms with E-state index in [0.717, 1.165) is 10.0 Å². The molecule has 0 fully saturated rings. The molecule has 2 aromatic carbocycles. The Labute approximate surface area is 143 Å². The van der Waals surface area contributed by atoms with Crippen molar-refractivity contribution in [2.45, 2.75) is 19.4 Å². The Morgan fingerprint density at radius 1 is 1.36 bits per heavy atom. The number of para-hydroxylation sites is 1. The minimum Gasteiger partial charge on any atom is -0.363 e. The minimum absolute atomic E-state index is 0.164. The highest BCUT2D eigenvalue weighted by molar-refractivity contribution is 9.10. The van der Waals surface area contributed by atoms with Crippen LogP contribution in [0.25, 0.3) is 0 Å². The molecule has 1 aliphatic rings. The van der Waals surface area contributed by atoms with Crippen LogP contribution in [-0.2, 0) is 6.54 Å². The molecule has 0 saturated heterocycles. The lowest BCUT2D eigenvalue weighted by Crippen LogP contribution is -2.34. The Hall–Kier alpha value is -1.32. The number of anilines is 1. The molecule has 0 aromatic heterocycles. The van der Waals surface area contributed by atoms with Crippen LogP contribution in [0.1, 0.15) is 24.0 Å². The summed E-state index contributed by atoms with van der Waals surface area (Å²) in [7, 11) is 0. The molecule has 2 aromatic rings. The van der Waals surface area contributed by atoms with Gasteiger partial charge in [0, 0.05) is 23.5 Å². The quantitative estimate of drug-likeness (QED) is 0.584. The van der Waals surface area contributed by atoms with Gasteiger partial charge in [-0.05, 0) is 42.3 Å². The molecular weight excluding hydrogens is 365 g/mol. The molecule has 114 valence electrons. The summed E-state index contributed by atoms with van der Waals surface area (Å²) in [5, 5.41) is 0.445. The van der Waals surface area contributed by atoms with Gasteiger partial charge in [0.1, 0.15) is 5.82 Å². The normalized spacial score (nSPS) is 17.3. The number of rotatable bonds is 2. The molecular formula is C18H16BrClFN. The van der Waals surface area contributed by atoms with Gasteiger partial charge in [0.2, 0.25) is 0 Å². The van der Waals surface area contributed by atoms with E-state index in [1.165, 1.54) is 17.2 Å². The van der Waals surface area contributed by atoms with Crippen LogP contribution >= 0.6 is 27.5 Å². The zero-order valence-corrected chi connectivity index (χ0v) is 14.6. The van der Waals surface area contributed by atoms with Gasteiger partial charge in [0.15, 0.2) is 0 Å². The first-order valence-electron chi connectivity index (χ1n) is 7.10. The summed E-state index contributed by atoms with van der Waals surface area (Å²) >= 11 is 9.76. The third kappa shape index (κ3) is 2.80. The predicted octanol–water partition coefficient (Wildman–Crippen LogP) is 5.92. The molecule has 0 saturated carbocycles. The second-order valence-corrected chi connectivity index (χ2v) is 7.02. The molecule has 0 unspecified atom stereocenters. The maximum absolute atomic E-state index is 14.2. The monoisotopic (exact) mass is 379 g/mol. The average Bonchev–Trinajstić information content (AvgIpc) is 2.46. The minimum atomic E-state index is -0.284. The van der Waals surface area contributed by atoms with Crippen LogP contribution < -0.4 is 4.90 Å². The van der Waals surface area contributed by atoms with Crippen LogP contribution in [0.15, 0.2) is 53.0 Å². The van der Waals surface area contributed by atoms with E-state index in [9.17, 15) is 4.39 Å². The fourth-order valence-electron chi connectivity index (χ4n) is 3.01. The van der Waals surface area contributed by atoms with Gasteiger partial charge in [-0.1, -0.05) is 51.8 Å². The van der Waals surface area contributed by atoms with Gasteiger partial charge in [-0.15, -0.1) is 0 Å². The summed E-state index contributed by atoms with van der Waals surface area (Å²) in [6.07, 6.45) is 0. The maximum Gasteiger partial charge on any atom is 0.148 e. The highest BCUT2D eigenvalue weighted by Crippen LogP contribution is 2.39. The topological polar surface area (TPSA) is 3.24 Å². The average molecular weight is 381 g/mol.